The summed E-state index contributed by atoms with van der Waals surface area (Å²) >= 11 is 4.08. The highest BCUT2D eigenvalue weighted by molar-refractivity contribution is 7.80. The van der Waals surface area contributed by atoms with Crippen LogP contribution in [0.3, 0.4) is 0 Å². The Bertz CT molecular complexity index is 197. The monoisotopic (exact) mass is 216 g/mol. The van der Waals surface area contributed by atoms with Crippen molar-refractivity contribution in [1.29, 1.82) is 0 Å². The molecule has 0 aromatic rings. The van der Waals surface area contributed by atoms with Crippen molar-refractivity contribution in [2.75, 3.05) is 32.9 Å². The average molecular weight is 216 g/mol. The minimum Gasteiger partial charge on any atom is -0.341 e. The third-order valence-electron chi connectivity index (χ3n) is 2.81. The molecule has 1 aliphatic rings. The number of rotatable bonds is 3. The van der Waals surface area contributed by atoms with E-state index in [2.05, 4.69) is 31.6 Å². The Hall–Kier alpha value is -0.220. The van der Waals surface area contributed by atoms with Gasteiger partial charge < -0.3 is 9.80 Å². The molecule has 4 heteroatoms. The molecule has 0 aromatic heterocycles. The van der Waals surface area contributed by atoms with Gasteiger partial charge in [0.1, 0.15) is 0 Å². The number of piperidine rings is 1. The van der Waals surface area contributed by atoms with Crippen LogP contribution in [0, 0.1) is 0 Å². The molecule has 0 radical (unpaired) electrons. The van der Waals surface area contributed by atoms with Gasteiger partial charge in [-0.15, -0.1) is 0 Å². The zero-order valence-corrected chi connectivity index (χ0v) is 9.96. The van der Waals surface area contributed by atoms with Crippen LogP contribution in [-0.2, 0) is 4.79 Å². The highest BCUT2D eigenvalue weighted by Crippen LogP contribution is 2.14. The van der Waals surface area contributed by atoms with E-state index in [4.69, 9.17) is 0 Å². The molecule has 0 bridgehead atoms. The second-order valence-electron chi connectivity index (χ2n) is 4.07. The normalized spacial score (nSPS) is 22.9. The lowest BCUT2D eigenvalue weighted by atomic mass is 10.0. The van der Waals surface area contributed by atoms with Crippen molar-refractivity contribution in [2.45, 2.75) is 25.3 Å². The summed E-state index contributed by atoms with van der Waals surface area (Å²) in [6.45, 7) is 1.82. The van der Waals surface area contributed by atoms with Gasteiger partial charge in [-0.25, -0.2) is 0 Å². The molecule has 0 aromatic carbocycles. The van der Waals surface area contributed by atoms with Crippen LogP contribution in [0.15, 0.2) is 0 Å². The number of carbonyl (C=O) groups is 1. The maximum atomic E-state index is 11.6. The summed E-state index contributed by atoms with van der Waals surface area (Å²) in [6, 6.07) is 0.535. The molecule has 0 N–H and O–H groups in total. The van der Waals surface area contributed by atoms with Gasteiger partial charge in [0.15, 0.2) is 0 Å². The smallest absolute Gasteiger partial charge is 0.223 e. The number of hydrogen-bond donors (Lipinski definition) is 1. The zero-order chi connectivity index (χ0) is 10.6. The quantitative estimate of drug-likeness (QED) is 0.707. The summed E-state index contributed by atoms with van der Waals surface area (Å²) < 4.78 is 0. The summed E-state index contributed by atoms with van der Waals surface area (Å²) in [6.07, 6.45) is 2.90. The molecule has 3 nitrogen and oxygen atoms in total. The number of hydrogen-bond acceptors (Lipinski definition) is 3. The highest BCUT2D eigenvalue weighted by Gasteiger charge is 2.23. The van der Waals surface area contributed by atoms with Crippen LogP contribution >= 0.6 is 12.6 Å². The lowest BCUT2D eigenvalue weighted by molar-refractivity contribution is -0.132. The molecule has 1 atom stereocenters. The minimum atomic E-state index is 0.256. The maximum absolute atomic E-state index is 11.6. The first kappa shape index (κ1) is 11.9. The third-order valence-corrected chi connectivity index (χ3v) is 3.03. The molecule has 0 spiro atoms. The predicted octanol–water partition coefficient (Wildman–Crippen LogP) is 0.859. The lowest BCUT2D eigenvalue weighted by Gasteiger charge is -2.36. The molecule has 1 amide bonds. The van der Waals surface area contributed by atoms with Crippen molar-refractivity contribution in [2.24, 2.45) is 0 Å². The first-order chi connectivity index (χ1) is 6.65. The van der Waals surface area contributed by atoms with Crippen molar-refractivity contribution in [3.8, 4) is 0 Å². The standard InChI is InChI=1S/C10H20N2OS/c1-11(2)9-4-3-6-12(8-9)10(13)5-7-14/h9,14H,3-8H2,1-2H3. The fourth-order valence-electron chi connectivity index (χ4n) is 1.86. The zero-order valence-electron chi connectivity index (χ0n) is 9.07. The Labute approximate surface area is 91.9 Å². The van der Waals surface area contributed by atoms with Gasteiger partial charge in [0.2, 0.25) is 5.91 Å². The van der Waals surface area contributed by atoms with Crippen LogP contribution in [0.1, 0.15) is 19.3 Å². The molecule has 0 saturated carbocycles. The van der Waals surface area contributed by atoms with Crippen LogP contribution in [0.4, 0.5) is 0 Å². The topological polar surface area (TPSA) is 23.6 Å². The largest absolute Gasteiger partial charge is 0.341 e. The van der Waals surface area contributed by atoms with Gasteiger partial charge in [0, 0.05) is 25.6 Å². The molecule has 1 aliphatic heterocycles. The van der Waals surface area contributed by atoms with Gasteiger partial charge in [-0.05, 0) is 32.7 Å². The molecule has 1 rings (SSSR count). The highest BCUT2D eigenvalue weighted by atomic mass is 32.1. The summed E-state index contributed by atoms with van der Waals surface area (Å²) in [7, 11) is 4.16. The minimum absolute atomic E-state index is 0.256. The molecule has 1 heterocycles. The van der Waals surface area contributed by atoms with E-state index in [1.54, 1.807) is 0 Å². The number of likely N-dealkylation sites (N-methyl/N-ethyl adjacent to an activating group) is 1. The van der Waals surface area contributed by atoms with Crippen LogP contribution in [0.2, 0.25) is 0 Å². The summed E-state index contributed by atoms with van der Waals surface area (Å²) in [4.78, 5) is 15.8. The van der Waals surface area contributed by atoms with Crippen LogP contribution in [0.25, 0.3) is 0 Å². The number of likely N-dealkylation sites (tertiary alicyclic amines) is 1. The Morgan fingerprint density at radius 2 is 2.29 bits per heavy atom. The lowest BCUT2D eigenvalue weighted by Crippen LogP contribution is -2.47. The first-order valence-corrected chi connectivity index (χ1v) is 5.83. The summed E-state index contributed by atoms with van der Waals surface area (Å²) in [5.41, 5.74) is 0. The van der Waals surface area contributed by atoms with E-state index in [0.29, 0.717) is 18.2 Å². The number of thiol groups is 1. The maximum Gasteiger partial charge on any atom is 0.223 e. The molecule has 1 unspecified atom stereocenters. The van der Waals surface area contributed by atoms with Gasteiger partial charge in [-0.3, -0.25) is 4.79 Å². The Balaban J connectivity index is 2.43. The molecule has 14 heavy (non-hydrogen) atoms. The number of nitrogens with zero attached hydrogens (tertiary/aromatic N) is 2. The van der Waals surface area contributed by atoms with Gasteiger partial charge in [-0.2, -0.15) is 12.6 Å². The fraction of sp³-hybridized carbons (Fsp3) is 0.900. The van der Waals surface area contributed by atoms with Crippen LogP contribution < -0.4 is 0 Å². The fourth-order valence-corrected chi connectivity index (χ4v) is 2.05. The van der Waals surface area contributed by atoms with Crippen LogP contribution in [-0.4, -0.2) is 54.7 Å². The van der Waals surface area contributed by atoms with E-state index in [0.717, 1.165) is 19.5 Å². The molecule has 1 fully saturated rings. The Morgan fingerprint density at radius 1 is 1.57 bits per heavy atom. The summed E-state index contributed by atoms with van der Waals surface area (Å²) in [5, 5.41) is 0. The van der Waals surface area contributed by atoms with Crippen molar-refractivity contribution in [1.82, 2.24) is 9.80 Å². The molecule has 82 valence electrons. The van der Waals surface area contributed by atoms with Gasteiger partial charge in [-0.1, -0.05) is 0 Å². The van der Waals surface area contributed by atoms with E-state index in [1.165, 1.54) is 6.42 Å². The van der Waals surface area contributed by atoms with Crippen molar-refractivity contribution >= 4 is 18.5 Å². The van der Waals surface area contributed by atoms with Crippen molar-refractivity contribution in [3.05, 3.63) is 0 Å². The number of carbonyl (C=O) groups excluding carboxylic acids is 1. The predicted molar refractivity (Wildman–Crippen MR) is 61.8 cm³/mol. The number of amides is 1. The Morgan fingerprint density at radius 3 is 2.86 bits per heavy atom. The van der Waals surface area contributed by atoms with E-state index < -0.39 is 0 Å². The second kappa shape index (κ2) is 5.61. The van der Waals surface area contributed by atoms with Gasteiger partial charge in [0.05, 0.1) is 0 Å². The molecular weight excluding hydrogens is 196 g/mol. The molecule has 0 aliphatic carbocycles. The second-order valence-corrected chi connectivity index (χ2v) is 4.52. The molecule has 1 saturated heterocycles. The van der Waals surface area contributed by atoms with Crippen molar-refractivity contribution < 1.29 is 4.79 Å². The van der Waals surface area contributed by atoms with E-state index in [-0.39, 0.29) is 5.91 Å². The SMILES string of the molecule is CN(C)C1CCCN(C(=O)CCS)C1. The first-order valence-electron chi connectivity index (χ1n) is 5.20. The van der Waals surface area contributed by atoms with E-state index >= 15 is 0 Å². The summed E-state index contributed by atoms with van der Waals surface area (Å²) in [5.74, 6) is 0.911. The van der Waals surface area contributed by atoms with E-state index in [1.807, 2.05) is 4.90 Å². The third kappa shape index (κ3) is 3.17. The van der Waals surface area contributed by atoms with Crippen LogP contribution in [0.5, 0.6) is 0 Å². The molecular formula is C10H20N2OS. The van der Waals surface area contributed by atoms with Gasteiger partial charge >= 0.3 is 0 Å². The van der Waals surface area contributed by atoms with Crippen molar-refractivity contribution in [3.63, 3.8) is 0 Å². The van der Waals surface area contributed by atoms with E-state index in [9.17, 15) is 4.79 Å². The average Bonchev–Trinajstić information content (AvgIpc) is 2.18. The Kier molecular flexibility index (Phi) is 4.75. The van der Waals surface area contributed by atoms with Gasteiger partial charge in [0.25, 0.3) is 0 Å².